The molecule has 29 heavy (non-hydrogen) atoms. The first-order chi connectivity index (χ1) is 13.9. The zero-order valence-electron chi connectivity index (χ0n) is 15.8. The highest BCUT2D eigenvalue weighted by Gasteiger charge is 2.27. The van der Waals surface area contributed by atoms with Gasteiger partial charge in [0.1, 0.15) is 0 Å². The number of carbonyl (C=O) groups excluding carboxylic acids is 1. The summed E-state index contributed by atoms with van der Waals surface area (Å²) in [4.78, 5) is 15.7. The molecule has 0 atom stereocenters. The highest BCUT2D eigenvalue weighted by atomic mass is 32.2. The van der Waals surface area contributed by atoms with E-state index in [-0.39, 0.29) is 10.8 Å². The van der Waals surface area contributed by atoms with Gasteiger partial charge in [0.05, 0.1) is 4.90 Å². The molecule has 0 radical (unpaired) electrons. The third-order valence-corrected chi connectivity index (χ3v) is 6.61. The Hall–Kier alpha value is -3.04. The summed E-state index contributed by atoms with van der Waals surface area (Å²) < 4.78 is 32.1. The van der Waals surface area contributed by atoms with Crippen LogP contribution >= 0.6 is 0 Å². The maximum atomic E-state index is 12.6. The molecule has 1 aliphatic heterocycles. The summed E-state index contributed by atoms with van der Waals surface area (Å²) in [5.41, 5.74) is 2.05. The van der Waals surface area contributed by atoms with Crippen LogP contribution in [-0.4, -0.2) is 41.9 Å². The van der Waals surface area contributed by atoms with Crippen LogP contribution < -0.4 is 5.32 Å². The number of sulfonamides is 1. The van der Waals surface area contributed by atoms with E-state index in [4.69, 9.17) is 4.52 Å². The molecular formula is C20H20N4O4S. The van der Waals surface area contributed by atoms with Crippen LogP contribution in [0.25, 0.3) is 22.8 Å². The van der Waals surface area contributed by atoms with Gasteiger partial charge >= 0.3 is 0 Å². The highest BCUT2D eigenvalue weighted by Crippen LogP contribution is 2.26. The normalized spacial score (nSPS) is 14.8. The summed E-state index contributed by atoms with van der Waals surface area (Å²) in [7, 11) is -3.45. The Morgan fingerprint density at radius 1 is 1.00 bits per heavy atom. The largest absolute Gasteiger partial charge is 0.334 e. The van der Waals surface area contributed by atoms with Crippen molar-refractivity contribution in [1.29, 1.82) is 0 Å². The molecule has 1 aliphatic rings. The van der Waals surface area contributed by atoms with Crippen molar-refractivity contribution in [2.24, 2.45) is 0 Å². The second-order valence-electron chi connectivity index (χ2n) is 6.82. The van der Waals surface area contributed by atoms with E-state index in [1.165, 1.54) is 11.2 Å². The van der Waals surface area contributed by atoms with Crippen molar-refractivity contribution in [2.45, 2.75) is 24.7 Å². The van der Waals surface area contributed by atoms with Gasteiger partial charge in [0, 0.05) is 36.8 Å². The molecule has 0 bridgehead atoms. The predicted molar refractivity (Wildman–Crippen MR) is 107 cm³/mol. The van der Waals surface area contributed by atoms with Crippen LogP contribution in [0, 0.1) is 0 Å². The molecule has 1 amide bonds. The molecule has 0 unspecified atom stereocenters. The summed E-state index contributed by atoms with van der Waals surface area (Å²) in [5, 5.41) is 6.68. The van der Waals surface area contributed by atoms with Gasteiger partial charge in [0.15, 0.2) is 0 Å². The van der Waals surface area contributed by atoms with Gasteiger partial charge in [-0.25, -0.2) is 8.42 Å². The van der Waals surface area contributed by atoms with Crippen LogP contribution in [0.15, 0.2) is 57.9 Å². The quantitative estimate of drug-likeness (QED) is 0.690. The average Bonchev–Trinajstić information content (AvgIpc) is 3.41. The number of anilines is 1. The van der Waals surface area contributed by atoms with Gasteiger partial charge in [0.2, 0.25) is 21.8 Å². The van der Waals surface area contributed by atoms with Gasteiger partial charge in [-0.1, -0.05) is 5.16 Å². The van der Waals surface area contributed by atoms with Crippen molar-refractivity contribution >= 4 is 21.6 Å². The Labute approximate surface area is 168 Å². The molecule has 1 saturated heterocycles. The van der Waals surface area contributed by atoms with E-state index >= 15 is 0 Å². The molecule has 2 aromatic carbocycles. The predicted octanol–water partition coefficient (Wildman–Crippen LogP) is 3.15. The second-order valence-corrected chi connectivity index (χ2v) is 8.76. The maximum absolute atomic E-state index is 12.6. The molecule has 1 fully saturated rings. The van der Waals surface area contributed by atoms with Crippen molar-refractivity contribution in [1.82, 2.24) is 14.4 Å². The Bertz CT molecular complexity index is 1120. The number of hydrogen-bond donors (Lipinski definition) is 1. The Kier molecular flexibility index (Phi) is 5.16. The van der Waals surface area contributed by atoms with Gasteiger partial charge < -0.3 is 9.84 Å². The monoisotopic (exact) mass is 412 g/mol. The van der Waals surface area contributed by atoms with E-state index < -0.39 is 10.0 Å². The van der Waals surface area contributed by atoms with Crippen molar-refractivity contribution < 1.29 is 17.7 Å². The summed E-state index contributed by atoms with van der Waals surface area (Å²) in [6, 6.07) is 13.5. The second kappa shape index (κ2) is 7.76. The number of rotatable bonds is 5. The molecule has 4 rings (SSSR count). The fourth-order valence-corrected chi connectivity index (χ4v) is 4.73. The highest BCUT2D eigenvalue weighted by molar-refractivity contribution is 7.89. The Morgan fingerprint density at radius 3 is 2.24 bits per heavy atom. The van der Waals surface area contributed by atoms with Crippen molar-refractivity contribution in [3.63, 3.8) is 0 Å². The molecule has 3 aromatic rings. The van der Waals surface area contributed by atoms with Crippen molar-refractivity contribution in [3.8, 4) is 22.8 Å². The molecule has 2 heterocycles. The lowest BCUT2D eigenvalue weighted by Crippen LogP contribution is -2.27. The minimum atomic E-state index is -3.45. The summed E-state index contributed by atoms with van der Waals surface area (Å²) in [6.45, 7) is 2.58. The standard InChI is InChI=1S/C20H20N4O4S/c1-14(25)21-17-8-4-16(5-9-17)20-22-19(23-28-20)15-6-10-18(11-7-15)29(26,27)24-12-2-3-13-24/h4-11H,2-3,12-13H2,1H3,(H,21,25). The zero-order chi connectivity index (χ0) is 20.4. The van der Waals surface area contributed by atoms with Gasteiger partial charge in [-0.05, 0) is 61.4 Å². The molecule has 1 aromatic heterocycles. The maximum Gasteiger partial charge on any atom is 0.258 e. The number of aromatic nitrogens is 2. The van der Waals surface area contributed by atoms with Crippen molar-refractivity contribution in [2.75, 3.05) is 18.4 Å². The molecule has 0 aliphatic carbocycles. The number of carbonyl (C=O) groups is 1. The lowest BCUT2D eigenvalue weighted by molar-refractivity contribution is -0.114. The number of amides is 1. The van der Waals surface area contributed by atoms with Gasteiger partial charge in [-0.3, -0.25) is 4.79 Å². The number of benzene rings is 2. The third kappa shape index (κ3) is 4.06. The van der Waals surface area contributed by atoms with Gasteiger partial charge in [-0.15, -0.1) is 0 Å². The first kappa shape index (κ1) is 19.3. The zero-order valence-corrected chi connectivity index (χ0v) is 16.6. The molecule has 1 N–H and O–H groups in total. The average molecular weight is 412 g/mol. The molecule has 0 spiro atoms. The minimum Gasteiger partial charge on any atom is -0.334 e. The SMILES string of the molecule is CC(=O)Nc1ccc(-c2nc(-c3ccc(S(=O)(=O)N4CCCC4)cc3)no2)cc1. The number of hydrogen-bond acceptors (Lipinski definition) is 6. The van der Waals surface area contributed by atoms with Crippen molar-refractivity contribution in [3.05, 3.63) is 48.5 Å². The fraction of sp³-hybridized carbons (Fsp3) is 0.250. The Morgan fingerprint density at radius 2 is 1.62 bits per heavy atom. The summed E-state index contributed by atoms with van der Waals surface area (Å²) >= 11 is 0. The third-order valence-electron chi connectivity index (χ3n) is 4.69. The van der Waals surface area contributed by atoms with E-state index in [1.54, 1.807) is 48.5 Å². The van der Waals surface area contributed by atoms with Crippen LogP contribution in [0.5, 0.6) is 0 Å². The van der Waals surface area contributed by atoms with E-state index in [2.05, 4.69) is 15.5 Å². The summed E-state index contributed by atoms with van der Waals surface area (Å²) in [5.74, 6) is 0.562. The van der Waals surface area contributed by atoms with Gasteiger partial charge in [0.25, 0.3) is 5.89 Å². The molecule has 8 nitrogen and oxygen atoms in total. The topological polar surface area (TPSA) is 105 Å². The summed E-state index contributed by atoms with van der Waals surface area (Å²) in [6.07, 6.45) is 1.80. The van der Waals surface area contributed by atoms with Crippen LogP contribution in [0.3, 0.4) is 0 Å². The smallest absolute Gasteiger partial charge is 0.258 e. The fourth-order valence-electron chi connectivity index (χ4n) is 3.21. The first-order valence-electron chi connectivity index (χ1n) is 9.26. The lowest BCUT2D eigenvalue weighted by atomic mass is 10.2. The Balaban J connectivity index is 1.53. The van der Waals surface area contributed by atoms with E-state index in [9.17, 15) is 13.2 Å². The van der Waals surface area contributed by atoms with Gasteiger partial charge in [-0.2, -0.15) is 9.29 Å². The molecular weight excluding hydrogens is 392 g/mol. The number of nitrogens with zero attached hydrogens (tertiary/aromatic N) is 3. The van der Waals surface area contributed by atoms with Crippen LogP contribution in [-0.2, 0) is 14.8 Å². The number of nitrogens with one attached hydrogen (secondary N) is 1. The van der Waals surface area contributed by atoms with Crippen LogP contribution in [0.4, 0.5) is 5.69 Å². The molecule has 9 heteroatoms. The van der Waals surface area contributed by atoms with E-state index in [0.717, 1.165) is 12.8 Å². The van der Waals surface area contributed by atoms with E-state index in [0.29, 0.717) is 41.6 Å². The molecule has 150 valence electrons. The van der Waals surface area contributed by atoms with Crippen LogP contribution in [0.1, 0.15) is 19.8 Å². The first-order valence-corrected chi connectivity index (χ1v) is 10.7. The van der Waals surface area contributed by atoms with Crippen LogP contribution in [0.2, 0.25) is 0 Å². The minimum absolute atomic E-state index is 0.145. The lowest BCUT2D eigenvalue weighted by Gasteiger charge is -2.15. The molecule has 0 saturated carbocycles. The van der Waals surface area contributed by atoms with E-state index in [1.807, 2.05) is 0 Å².